The van der Waals surface area contributed by atoms with Gasteiger partial charge in [-0.3, -0.25) is 9.36 Å². The number of benzene rings is 2. The summed E-state index contributed by atoms with van der Waals surface area (Å²) in [6, 6.07) is 9.50. The van der Waals surface area contributed by atoms with E-state index in [1.165, 1.54) is 17.0 Å². The van der Waals surface area contributed by atoms with Gasteiger partial charge < -0.3 is 14.9 Å². The van der Waals surface area contributed by atoms with Gasteiger partial charge in [-0.1, -0.05) is 23.7 Å². The number of piperidine rings is 1. The third-order valence-corrected chi connectivity index (χ3v) is 9.16. The van der Waals surface area contributed by atoms with E-state index in [0.29, 0.717) is 48.7 Å². The Kier molecular flexibility index (Phi) is 6.06. The third kappa shape index (κ3) is 4.09. The zero-order valence-corrected chi connectivity index (χ0v) is 20.7. The third-order valence-electron chi connectivity index (χ3n) is 6.92. The minimum absolute atomic E-state index is 0.0248. The molecule has 9 nitrogen and oxygen atoms in total. The number of hydrogen-bond donors (Lipinski definition) is 1. The van der Waals surface area contributed by atoms with E-state index in [0.717, 1.165) is 11.1 Å². The highest BCUT2D eigenvalue weighted by Gasteiger charge is 2.40. The second-order valence-electron chi connectivity index (χ2n) is 8.97. The fourth-order valence-electron chi connectivity index (χ4n) is 4.97. The summed E-state index contributed by atoms with van der Waals surface area (Å²) < 4.78 is 28.2. The highest BCUT2D eigenvalue weighted by molar-refractivity contribution is 7.92. The molecule has 3 aromatic rings. The molecule has 0 radical (unpaired) electrons. The van der Waals surface area contributed by atoms with E-state index in [9.17, 15) is 23.1 Å². The smallest absolute Gasteiger partial charge is 0.330 e. The predicted molar refractivity (Wildman–Crippen MR) is 130 cm³/mol. The van der Waals surface area contributed by atoms with Gasteiger partial charge in [0, 0.05) is 24.2 Å². The summed E-state index contributed by atoms with van der Waals surface area (Å²) in [5.41, 5.74) is 0.843. The molecular weight excluding hydrogens is 492 g/mol. The van der Waals surface area contributed by atoms with E-state index in [-0.39, 0.29) is 17.0 Å². The molecular formula is C24H25ClN4O5S. The first-order valence-electron chi connectivity index (χ1n) is 11.4. The number of nitrogens with zero attached hydrogens (tertiary/aromatic N) is 4. The number of aliphatic hydroxyl groups excluding tert-OH is 1. The van der Waals surface area contributed by atoms with Crippen molar-refractivity contribution in [3.05, 3.63) is 59.1 Å². The first kappa shape index (κ1) is 23.8. The van der Waals surface area contributed by atoms with E-state index in [1.54, 1.807) is 46.9 Å². The molecule has 184 valence electrons. The lowest BCUT2D eigenvalue weighted by Gasteiger charge is -2.37. The molecule has 0 saturated carbocycles. The van der Waals surface area contributed by atoms with Crippen molar-refractivity contribution in [1.29, 1.82) is 0 Å². The summed E-state index contributed by atoms with van der Waals surface area (Å²) in [7, 11) is -4.12. The van der Waals surface area contributed by atoms with Crippen LogP contribution in [-0.4, -0.2) is 75.8 Å². The van der Waals surface area contributed by atoms with Crippen LogP contribution in [0.15, 0.2) is 47.5 Å². The van der Waals surface area contributed by atoms with Gasteiger partial charge in [-0.25, -0.2) is 18.2 Å². The number of hydrogen-bond acceptors (Lipinski definition) is 6. The summed E-state index contributed by atoms with van der Waals surface area (Å²) in [6.07, 6.45) is 2.76. The average molecular weight is 517 g/mol. The number of carbonyl (C=O) groups excluding carboxylic acids is 2. The van der Waals surface area contributed by atoms with Gasteiger partial charge in [0.15, 0.2) is 15.1 Å². The minimum Gasteiger partial charge on any atom is -0.394 e. The molecule has 1 unspecified atom stereocenters. The highest BCUT2D eigenvalue weighted by Crippen LogP contribution is 2.28. The fraction of sp³-hybridized carbons (Fsp3) is 0.375. The van der Waals surface area contributed by atoms with Crippen LogP contribution in [0.3, 0.4) is 0 Å². The minimum atomic E-state index is -4.12. The topological polar surface area (TPSA) is 113 Å². The maximum Gasteiger partial charge on any atom is 0.330 e. The van der Waals surface area contributed by atoms with Gasteiger partial charge in [0.1, 0.15) is 5.82 Å². The van der Waals surface area contributed by atoms with Crippen molar-refractivity contribution in [2.75, 3.05) is 19.7 Å². The van der Waals surface area contributed by atoms with Crippen LogP contribution in [0.5, 0.6) is 0 Å². The summed E-state index contributed by atoms with van der Waals surface area (Å²) in [5.74, 6) is 0.0223. The van der Waals surface area contributed by atoms with Gasteiger partial charge in [-0.15, -0.1) is 0 Å². The molecule has 1 fully saturated rings. The van der Waals surface area contributed by atoms with Crippen LogP contribution in [0.25, 0.3) is 10.8 Å². The normalized spacial score (nSPS) is 17.7. The molecule has 1 aromatic heterocycles. The van der Waals surface area contributed by atoms with Crippen LogP contribution in [0.1, 0.15) is 24.4 Å². The molecule has 2 amide bonds. The predicted octanol–water partition coefficient (Wildman–Crippen LogP) is 2.61. The average Bonchev–Trinajstić information content (AvgIpc) is 3.38. The number of aliphatic hydroxyl groups is 1. The molecule has 0 bridgehead atoms. The Morgan fingerprint density at radius 2 is 1.86 bits per heavy atom. The Balaban J connectivity index is 1.29. The number of fused-ring (bicyclic) bond motifs is 2. The van der Waals surface area contributed by atoms with Gasteiger partial charge in [0.05, 0.1) is 29.9 Å². The van der Waals surface area contributed by atoms with Crippen LogP contribution in [0.2, 0.25) is 5.02 Å². The molecule has 2 aliphatic heterocycles. The standard InChI is InChI=1S/C24H25ClN4O5S/c1-15-26-12-20-13-28(24(32)29(15)20)19-6-8-27(9-7-19)23(31)22(14-30)35(33,34)21-5-3-16-10-18(25)4-2-17(16)11-21/h2-5,10-12,19,22,30H,6-9,13-14H2,1H3. The van der Waals surface area contributed by atoms with Crippen molar-refractivity contribution < 1.29 is 23.1 Å². The largest absolute Gasteiger partial charge is 0.394 e. The molecule has 1 atom stereocenters. The molecule has 2 aliphatic rings. The molecule has 1 saturated heterocycles. The molecule has 0 spiro atoms. The summed E-state index contributed by atoms with van der Waals surface area (Å²) >= 11 is 6.01. The Morgan fingerprint density at radius 1 is 1.17 bits per heavy atom. The van der Waals surface area contributed by atoms with Crippen LogP contribution in [0.4, 0.5) is 4.79 Å². The second-order valence-corrected chi connectivity index (χ2v) is 11.5. The lowest BCUT2D eigenvalue weighted by Crippen LogP contribution is -2.51. The number of sulfone groups is 1. The molecule has 1 N–H and O–H groups in total. The van der Waals surface area contributed by atoms with E-state index < -0.39 is 27.6 Å². The Labute approximate surface area is 207 Å². The van der Waals surface area contributed by atoms with E-state index in [4.69, 9.17) is 11.6 Å². The Hall–Kier alpha value is -2.95. The number of aryl methyl sites for hydroxylation is 1. The summed E-state index contributed by atoms with van der Waals surface area (Å²) in [5, 5.41) is 10.3. The summed E-state index contributed by atoms with van der Waals surface area (Å²) in [4.78, 5) is 33.4. The monoisotopic (exact) mass is 516 g/mol. The fourth-order valence-corrected chi connectivity index (χ4v) is 6.64. The van der Waals surface area contributed by atoms with E-state index in [2.05, 4.69) is 4.98 Å². The van der Waals surface area contributed by atoms with Crippen molar-refractivity contribution >= 4 is 44.1 Å². The zero-order chi connectivity index (χ0) is 24.9. The first-order valence-corrected chi connectivity index (χ1v) is 13.3. The number of aromatic nitrogens is 2. The van der Waals surface area contributed by atoms with Gasteiger partial charge in [-0.05, 0) is 54.8 Å². The van der Waals surface area contributed by atoms with E-state index in [1.807, 2.05) is 0 Å². The maximum absolute atomic E-state index is 13.3. The zero-order valence-electron chi connectivity index (χ0n) is 19.1. The molecule has 35 heavy (non-hydrogen) atoms. The van der Waals surface area contributed by atoms with Crippen LogP contribution >= 0.6 is 11.6 Å². The molecule has 5 rings (SSSR count). The van der Waals surface area contributed by atoms with E-state index >= 15 is 0 Å². The first-order chi connectivity index (χ1) is 16.7. The lowest BCUT2D eigenvalue weighted by atomic mass is 10.0. The molecule has 0 aliphatic carbocycles. The summed E-state index contributed by atoms with van der Waals surface area (Å²) in [6.45, 7) is 2.06. The van der Waals surface area contributed by atoms with Crippen molar-refractivity contribution in [3.8, 4) is 0 Å². The maximum atomic E-state index is 13.3. The van der Waals surface area contributed by atoms with Crippen molar-refractivity contribution in [2.45, 2.75) is 42.5 Å². The second kappa shape index (κ2) is 8.92. The van der Waals surface area contributed by atoms with Crippen molar-refractivity contribution in [1.82, 2.24) is 19.4 Å². The number of carbonyl (C=O) groups is 2. The Bertz CT molecular complexity index is 1430. The van der Waals surface area contributed by atoms with Crippen LogP contribution < -0.4 is 0 Å². The van der Waals surface area contributed by atoms with Crippen LogP contribution in [-0.2, 0) is 21.2 Å². The van der Waals surface area contributed by atoms with Crippen molar-refractivity contribution in [2.24, 2.45) is 0 Å². The number of amides is 2. The number of rotatable bonds is 5. The van der Waals surface area contributed by atoms with Gasteiger partial charge in [-0.2, -0.15) is 0 Å². The highest BCUT2D eigenvalue weighted by atomic mass is 35.5. The molecule has 3 heterocycles. The number of halogens is 1. The number of likely N-dealkylation sites (tertiary alicyclic amines) is 1. The number of imidazole rings is 1. The Morgan fingerprint density at radius 3 is 2.54 bits per heavy atom. The molecule has 2 aromatic carbocycles. The van der Waals surface area contributed by atoms with Gasteiger partial charge >= 0.3 is 6.03 Å². The SMILES string of the molecule is Cc1ncc2n1C(=O)N(C1CCN(C(=O)C(CO)S(=O)(=O)c3ccc4cc(Cl)ccc4c3)CC1)C2. The lowest BCUT2D eigenvalue weighted by molar-refractivity contribution is -0.132. The van der Waals surface area contributed by atoms with Crippen molar-refractivity contribution in [3.63, 3.8) is 0 Å². The van der Waals surface area contributed by atoms with Gasteiger partial charge in [0.2, 0.25) is 5.91 Å². The van der Waals surface area contributed by atoms with Gasteiger partial charge in [0.25, 0.3) is 0 Å². The quantitative estimate of drug-likeness (QED) is 0.557. The van der Waals surface area contributed by atoms with Crippen LogP contribution in [0, 0.1) is 6.92 Å². The molecule has 11 heteroatoms.